The van der Waals surface area contributed by atoms with Crippen molar-refractivity contribution in [3.05, 3.63) is 58.8 Å². The van der Waals surface area contributed by atoms with Gasteiger partial charge in [0.15, 0.2) is 5.82 Å². The van der Waals surface area contributed by atoms with Crippen LogP contribution in [0.25, 0.3) is 22.3 Å². The molecule has 0 unspecified atom stereocenters. The highest BCUT2D eigenvalue weighted by molar-refractivity contribution is 6.05. The highest BCUT2D eigenvalue weighted by Gasteiger charge is 2.22. The molecule has 0 bridgehead atoms. The van der Waals surface area contributed by atoms with Crippen LogP contribution in [0.2, 0.25) is 0 Å². The van der Waals surface area contributed by atoms with Crippen molar-refractivity contribution in [3.63, 3.8) is 0 Å². The van der Waals surface area contributed by atoms with Gasteiger partial charge in [-0.05, 0) is 46.9 Å². The number of rotatable bonds is 8. The van der Waals surface area contributed by atoms with E-state index in [9.17, 15) is 4.79 Å². The van der Waals surface area contributed by atoms with Gasteiger partial charge < -0.3 is 10.2 Å². The van der Waals surface area contributed by atoms with E-state index >= 15 is 0 Å². The Balaban J connectivity index is 1.75. The lowest BCUT2D eigenvalue weighted by molar-refractivity contribution is 0.0781. The van der Waals surface area contributed by atoms with Gasteiger partial charge in [-0.25, -0.2) is 9.97 Å². The van der Waals surface area contributed by atoms with Crippen molar-refractivity contribution < 1.29 is 4.79 Å². The molecule has 1 aromatic carbocycles. The lowest BCUT2D eigenvalue weighted by Crippen LogP contribution is -2.28. The third-order valence-corrected chi connectivity index (χ3v) is 6.09. The molecule has 0 atom stereocenters. The quantitative estimate of drug-likeness (QED) is 0.434. The fourth-order valence-corrected chi connectivity index (χ4v) is 4.07. The summed E-state index contributed by atoms with van der Waals surface area (Å²) in [5.41, 5.74) is 5.94. The highest BCUT2D eigenvalue weighted by atomic mass is 16.2. The number of likely N-dealkylation sites (N-methyl/N-ethyl adjacent to an activating group) is 1. The molecule has 34 heavy (non-hydrogen) atoms. The number of amides is 1. The standard InChI is InChI=1S/C25H32N8O/c1-7-33-18(4)19(13-27-33)14-31(6)25(34)23-20-12-16(2)8-9-22(20)28-24(29-23)21-15-32(11-10-26-5)30-17(21)3/h8-9,12-13,15,26H,7,10-11,14H2,1-6H3. The molecule has 0 aliphatic rings. The molecular formula is C25H32N8O. The Hall–Kier alpha value is -3.59. The summed E-state index contributed by atoms with van der Waals surface area (Å²) in [5, 5.41) is 12.9. The maximum absolute atomic E-state index is 13.7. The molecule has 0 saturated carbocycles. The van der Waals surface area contributed by atoms with Gasteiger partial charge in [-0.2, -0.15) is 10.2 Å². The summed E-state index contributed by atoms with van der Waals surface area (Å²) in [6.07, 6.45) is 3.78. The number of fused-ring (bicyclic) bond motifs is 1. The zero-order chi connectivity index (χ0) is 24.4. The number of hydrogen-bond donors (Lipinski definition) is 1. The molecular weight excluding hydrogens is 428 g/mol. The lowest BCUT2D eigenvalue weighted by Gasteiger charge is -2.18. The van der Waals surface area contributed by atoms with Crippen LogP contribution in [0.15, 0.2) is 30.6 Å². The molecule has 1 N–H and O–H groups in total. The van der Waals surface area contributed by atoms with Crippen LogP contribution in [0.1, 0.15) is 39.9 Å². The van der Waals surface area contributed by atoms with Gasteiger partial charge in [-0.1, -0.05) is 11.6 Å². The smallest absolute Gasteiger partial charge is 0.273 e. The number of benzene rings is 1. The van der Waals surface area contributed by atoms with Gasteiger partial charge in [0.2, 0.25) is 0 Å². The van der Waals surface area contributed by atoms with Crippen molar-refractivity contribution in [2.24, 2.45) is 0 Å². The Morgan fingerprint density at radius 3 is 2.68 bits per heavy atom. The summed E-state index contributed by atoms with van der Waals surface area (Å²) in [5.74, 6) is 0.361. The molecule has 0 radical (unpaired) electrons. The van der Waals surface area contributed by atoms with Crippen molar-refractivity contribution in [1.29, 1.82) is 0 Å². The van der Waals surface area contributed by atoms with Gasteiger partial charge >= 0.3 is 0 Å². The zero-order valence-corrected chi connectivity index (χ0v) is 20.8. The van der Waals surface area contributed by atoms with E-state index in [0.29, 0.717) is 18.1 Å². The van der Waals surface area contributed by atoms with Crippen molar-refractivity contribution in [2.75, 3.05) is 20.6 Å². The number of nitrogens with zero attached hydrogens (tertiary/aromatic N) is 7. The summed E-state index contributed by atoms with van der Waals surface area (Å²) in [6, 6.07) is 5.93. The third kappa shape index (κ3) is 4.56. The second-order valence-corrected chi connectivity index (χ2v) is 8.64. The highest BCUT2D eigenvalue weighted by Crippen LogP contribution is 2.26. The number of aromatic nitrogens is 6. The number of carbonyl (C=O) groups is 1. The molecule has 4 aromatic rings. The van der Waals surface area contributed by atoms with Crippen molar-refractivity contribution in [3.8, 4) is 11.4 Å². The van der Waals surface area contributed by atoms with Gasteiger partial charge in [-0.15, -0.1) is 0 Å². The van der Waals surface area contributed by atoms with Crippen molar-refractivity contribution >= 4 is 16.8 Å². The van der Waals surface area contributed by atoms with E-state index in [1.807, 2.05) is 67.8 Å². The third-order valence-electron chi connectivity index (χ3n) is 6.09. The second kappa shape index (κ2) is 9.72. The second-order valence-electron chi connectivity index (χ2n) is 8.64. The van der Waals surface area contributed by atoms with Crippen LogP contribution in [0.3, 0.4) is 0 Å². The van der Waals surface area contributed by atoms with Gasteiger partial charge in [-0.3, -0.25) is 14.2 Å². The molecule has 0 aliphatic heterocycles. The van der Waals surface area contributed by atoms with E-state index in [1.165, 1.54) is 0 Å². The predicted molar refractivity (Wildman–Crippen MR) is 133 cm³/mol. The molecule has 178 valence electrons. The Morgan fingerprint density at radius 1 is 1.18 bits per heavy atom. The zero-order valence-electron chi connectivity index (χ0n) is 20.8. The average molecular weight is 461 g/mol. The van der Waals surface area contributed by atoms with E-state index in [2.05, 4.69) is 22.4 Å². The lowest BCUT2D eigenvalue weighted by atomic mass is 10.1. The van der Waals surface area contributed by atoms with E-state index in [4.69, 9.17) is 9.97 Å². The molecule has 9 nitrogen and oxygen atoms in total. The number of carbonyl (C=O) groups excluding carboxylic acids is 1. The van der Waals surface area contributed by atoms with Gasteiger partial charge in [0, 0.05) is 49.5 Å². The maximum Gasteiger partial charge on any atom is 0.273 e. The van der Waals surface area contributed by atoms with Gasteiger partial charge in [0.1, 0.15) is 5.69 Å². The van der Waals surface area contributed by atoms with Crippen LogP contribution in [-0.2, 0) is 19.6 Å². The molecule has 0 saturated heterocycles. The SMILES string of the molecule is CCn1ncc(CN(C)C(=O)c2nc(-c3cn(CCNC)nc3C)nc3ccc(C)cc23)c1C. The average Bonchev–Trinajstić information content (AvgIpc) is 3.38. The molecule has 0 spiro atoms. The van der Waals surface area contributed by atoms with E-state index in [0.717, 1.165) is 58.6 Å². The first-order valence-electron chi connectivity index (χ1n) is 11.6. The molecule has 0 aliphatic carbocycles. The largest absolute Gasteiger partial charge is 0.336 e. The van der Waals surface area contributed by atoms with Crippen LogP contribution in [0, 0.1) is 20.8 Å². The van der Waals surface area contributed by atoms with Crippen LogP contribution in [0.5, 0.6) is 0 Å². The first-order valence-corrected chi connectivity index (χ1v) is 11.6. The summed E-state index contributed by atoms with van der Waals surface area (Å²) >= 11 is 0. The minimum absolute atomic E-state index is 0.150. The topological polar surface area (TPSA) is 93.8 Å². The maximum atomic E-state index is 13.7. The minimum Gasteiger partial charge on any atom is -0.336 e. The van der Waals surface area contributed by atoms with Gasteiger partial charge in [0.25, 0.3) is 5.91 Å². The summed E-state index contributed by atoms with van der Waals surface area (Å²) in [4.78, 5) is 24.9. The summed E-state index contributed by atoms with van der Waals surface area (Å²) < 4.78 is 3.81. The molecule has 9 heteroatoms. The first kappa shape index (κ1) is 23.6. The first-order chi connectivity index (χ1) is 16.3. The molecule has 0 fully saturated rings. The number of hydrogen-bond acceptors (Lipinski definition) is 6. The summed E-state index contributed by atoms with van der Waals surface area (Å²) in [7, 11) is 3.71. The summed E-state index contributed by atoms with van der Waals surface area (Å²) in [6.45, 7) is 10.8. The fraction of sp³-hybridized carbons (Fsp3) is 0.400. The Labute approximate surface area is 199 Å². The number of nitrogens with one attached hydrogen (secondary N) is 1. The van der Waals surface area contributed by atoms with Gasteiger partial charge in [0.05, 0.1) is 29.5 Å². The fourth-order valence-electron chi connectivity index (χ4n) is 4.07. The van der Waals surface area contributed by atoms with Crippen LogP contribution in [0.4, 0.5) is 0 Å². The van der Waals surface area contributed by atoms with Crippen LogP contribution >= 0.6 is 0 Å². The van der Waals surface area contributed by atoms with E-state index in [1.54, 1.807) is 11.9 Å². The van der Waals surface area contributed by atoms with Crippen molar-refractivity contribution in [1.82, 2.24) is 39.7 Å². The van der Waals surface area contributed by atoms with E-state index < -0.39 is 0 Å². The molecule has 1 amide bonds. The number of aryl methyl sites for hydroxylation is 3. The Morgan fingerprint density at radius 2 is 1.97 bits per heavy atom. The molecule has 3 aromatic heterocycles. The predicted octanol–water partition coefficient (Wildman–Crippen LogP) is 3.13. The Kier molecular flexibility index (Phi) is 6.74. The normalized spacial score (nSPS) is 11.4. The molecule has 3 heterocycles. The monoisotopic (exact) mass is 460 g/mol. The van der Waals surface area contributed by atoms with E-state index in [-0.39, 0.29) is 5.91 Å². The van der Waals surface area contributed by atoms with Crippen molar-refractivity contribution in [2.45, 2.75) is 47.3 Å². The minimum atomic E-state index is -0.150. The molecule has 4 rings (SSSR count). The Bertz CT molecular complexity index is 1340. The van der Waals surface area contributed by atoms with Crippen LogP contribution in [-0.4, -0.2) is 61.0 Å². The van der Waals surface area contributed by atoms with Crippen LogP contribution < -0.4 is 5.32 Å².